The second-order valence-corrected chi connectivity index (χ2v) is 3.34. The van der Waals surface area contributed by atoms with E-state index in [1.54, 1.807) is 0 Å². The molecule has 0 aliphatic carbocycles. The Labute approximate surface area is 72.3 Å². The zero-order valence-electron chi connectivity index (χ0n) is 7.42. The highest BCUT2D eigenvalue weighted by Gasteiger charge is 2.22. The van der Waals surface area contributed by atoms with Gasteiger partial charge in [-0.3, -0.25) is 0 Å². The Balaban J connectivity index is 2.60. The third-order valence-electron chi connectivity index (χ3n) is 2.51. The SMILES string of the molecule is Cc1ccc2c(c1C)OCC2N. The van der Waals surface area contributed by atoms with E-state index in [1.165, 1.54) is 11.1 Å². The average molecular weight is 163 g/mol. The molecule has 1 unspecified atom stereocenters. The molecule has 1 aromatic rings. The molecule has 0 bridgehead atoms. The van der Waals surface area contributed by atoms with Crippen LogP contribution in [0.1, 0.15) is 22.7 Å². The fourth-order valence-electron chi connectivity index (χ4n) is 1.56. The molecular weight excluding hydrogens is 150 g/mol. The first-order valence-electron chi connectivity index (χ1n) is 4.18. The van der Waals surface area contributed by atoms with Crippen molar-refractivity contribution in [3.63, 3.8) is 0 Å². The van der Waals surface area contributed by atoms with Gasteiger partial charge in [-0.1, -0.05) is 12.1 Å². The normalized spacial score (nSPS) is 20.4. The standard InChI is InChI=1S/C10H13NO/c1-6-3-4-8-9(11)5-12-10(8)7(6)2/h3-4,9H,5,11H2,1-2H3. The maximum absolute atomic E-state index is 5.84. The van der Waals surface area contributed by atoms with Crippen molar-refractivity contribution in [3.8, 4) is 5.75 Å². The number of rotatable bonds is 0. The van der Waals surface area contributed by atoms with Crippen molar-refractivity contribution in [1.82, 2.24) is 0 Å². The first kappa shape index (κ1) is 7.62. The molecule has 64 valence electrons. The molecule has 0 spiro atoms. The van der Waals surface area contributed by atoms with Crippen LogP contribution in [0.4, 0.5) is 0 Å². The largest absolute Gasteiger partial charge is 0.491 e. The number of hydrogen-bond donors (Lipinski definition) is 1. The van der Waals surface area contributed by atoms with E-state index in [0.717, 1.165) is 11.3 Å². The van der Waals surface area contributed by atoms with Gasteiger partial charge < -0.3 is 10.5 Å². The van der Waals surface area contributed by atoms with E-state index in [9.17, 15) is 0 Å². The monoisotopic (exact) mass is 163 g/mol. The van der Waals surface area contributed by atoms with Crippen LogP contribution in [0.25, 0.3) is 0 Å². The van der Waals surface area contributed by atoms with Gasteiger partial charge in [-0.25, -0.2) is 0 Å². The quantitative estimate of drug-likeness (QED) is 0.631. The zero-order valence-corrected chi connectivity index (χ0v) is 7.42. The molecule has 1 aliphatic heterocycles. The molecule has 1 aliphatic rings. The predicted molar refractivity (Wildman–Crippen MR) is 48.3 cm³/mol. The summed E-state index contributed by atoms with van der Waals surface area (Å²) in [7, 11) is 0. The lowest BCUT2D eigenvalue weighted by Gasteiger charge is -2.06. The van der Waals surface area contributed by atoms with Crippen molar-refractivity contribution in [1.29, 1.82) is 0 Å². The van der Waals surface area contributed by atoms with E-state index >= 15 is 0 Å². The molecule has 2 heteroatoms. The zero-order chi connectivity index (χ0) is 8.72. The van der Waals surface area contributed by atoms with Gasteiger partial charge in [0, 0.05) is 5.56 Å². The molecule has 0 fully saturated rings. The van der Waals surface area contributed by atoms with Crippen LogP contribution in [-0.4, -0.2) is 6.61 Å². The minimum atomic E-state index is 0.0688. The number of aryl methyl sites for hydroxylation is 1. The fraction of sp³-hybridized carbons (Fsp3) is 0.400. The fourth-order valence-corrected chi connectivity index (χ4v) is 1.56. The Hall–Kier alpha value is -1.02. The van der Waals surface area contributed by atoms with Gasteiger partial charge >= 0.3 is 0 Å². The molecule has 12 heavy (non-hydrogen) atoms. The maximum Gasteiger partial charge on any atom is 0.127 e. The number of hydrogen-bond acceptors (Lipinski definition) is 2. The van der Waals surface area contributed by atoms with Crippen LogP contribution in [0.5, 0.6) is 5.75 Å². The van der Waals surface area contributed by atoms with Crippen molar-refractivity contribution in [3.05, 3.63) is 28.8 Å². The molecule has 1 aromatic carbocycles. The summed E-state index contributed by atoms with van der Waals surface area (Å²) in [5.41, 5.74) is 9.48. The van der Waals surface area contributed by atoms with E-state index in [-0.39, 0.29) is 6.04 Å². The van der Waals surface area contributed by atoms with E-state index in [0.29, 0.717) is 6.61 Å². The molecule has 0 saturated heterocycles. The van der Waals surface area contributed by atoms with Crippen molar-refractivity contribution in [2.75, 3.05) is 6.61 Å². The summed E-state index contributed by atoms with van der Waals surface area (Å²) in [6.07, 6.45) is 0. The summed E-state index contributed by atoms with van der Waals surface area (Å²) in [6, 6.07) is 4.23. The number of benzene rings is 1. The Kier molecular flexibility index (Phi) is 1.58. The van der Waals surface area contributed by atoms with Crippen molar-refractivity contribution >= 4 is 0 Å². The van der Waals surface area contributed by atoms with E-state index in [4.69, 9.17) is 10.5 Å². The van der Waals surface area contributed by atoms with E-state index in [1.807, 2.05) is 0 Å². The van der Waals surface area contributed by atoms with Crippen LogP contribution in [0.3, 0.4) is 0 Å². The predicted octanol–water partition coefficient (Wildman–Crippen LogP) is 1.70. The molecular formula is C10H13NO. The summed E-state index contributed by atoms with van der Waals surface area (Å²) in [5, 5.41) is 0. The van der Waals surface area contributed by atoms with Gasteiger partial charge in [-0.2, -0.15) is 0 Å². The first-order chi connectivity index (χ1) is 5.70. The van der Waals surface area contributed by atoms with Gasteiger partial charge in [0.25, 0.3) is 0 Å². The highest BCUT2D eigenvalue weighted by Crippen LogP contribution is 2.35. The maximum atomic E-state index is 5.84. The van der Waals surface area contributed by atoms with Crippen molar-refractivity contribution in [2.45, 2.75) is 19.9 Å². The van der Waals surface area contributed by atoms with Gasteiger partial charge in [-0.05, 0) is 25.0 Å². The van der Waals surface area contributed by atoms with Crippen LogP contribution in [0.2, 0.25) is 0 Å². The van der Waals surface area contributed by atoms with Crippen LogP contribution in [0.15, 0.2) is 12.1 Å². The van der Waals surface area contributed by atoms with Gasteiger partial charge in [0.15, 0.2) is 0 Å². The molecule has 1 heterocycles. The van der Waals surface area contributed by atoms with Crippen molar-refractivity contribution in [2.24, 2.45) is 5.73 Å². The summed E-state index contributed by atoms with van der Waals surface area (Å²) in [4.78, 5) is 0. The Bertz CT molecular complexity index is 320. The number of nitrogens with two attached hydrogens (primary N) is 1. The molecule has 0 radical (unpaired) electrons. The Morgan fingerprint density at radius 2 is 2.17 bits per heavy atom. The Morgan fingerprint density at radius 3 is 2.92 bits per heavy atom. The first-order valence-corrected chi connectivity index (χ1v) is 4.18. The number of fused-ring (bicyclic) bond motifs is 1. The molecule has 0 saturated carbocycles. The minimum Gasteiger partial charge on any atom is -0.491 e. The second-order valence-electron chi connectivity index (χ2n) is 3.34. The van der Waals surface area contributed by atoms with Crippen molar-refractivity contribution < 1.29 is 4.74 Å². The lowest BCUT2D eigenvalue weighted by molar-refractivity contribution is 0.331. The lowest BCUT2D eigenvalue weighted by atomic mass is 10.0. The second kappa shape index (κ2) is 2.49. The van der Waals surface area contributed by atoms with Crippen LogP contribution in [0, 0.1) is 13.8 Å². The highest BCUT2D eigenvalue weighted by molar-refractivity contribution is 5.48. The molecule has 1 atom stereocenters. The van der Waals surface area contributed by atoms with E-state index < -0.39 is 0 Å². The number of ether oxygens (including phenoxy) is 1. The van der Waals surface area contributed by atoms with Gasteiger partial charge in [-0.15, -0.1) is 0 Å². The minimum absolute atomic E-state index is 0.0688. The molecule has 2 rings (SSSR count). The van der Waals surface area contributed by atoms with Gasteiger partial charge in [0.1, 0.15) is 12.4 Å². The topological polar surface area (TPSA) is 35.2 Å². The summed E-state index contributed by atoms with van der Waals surface area (Å²) in [5.74, 6) is 1.00. The molecule has 2 nitrogen and oxygen atoms in total. The summed E-state index contributed by atoms with van der Waals surface area (Å²) >= 11 is 0. The Morgan fingerprint density at radius 1 is 1.42 bits per heavy atom. The van der Waals surface area contributed by atoms with Gasteiger partial charge in [0.2, 0.25) is 0 Å². The third-order valence-corrected chi connectivity index (χ3v) is 2.51. The summed E-state index contributed by atoms with van der Waals surface area (Å²) < 4.78 is 5.50. The molecule has 0 aromatic heterocycles. The lowest BCUT2D eigenvalue weighted by Crippen LogP contribution is -2.10. The highest BCUT2D eigenvalue weighted by atomic mass is 16.5. The molecule has 2 N–H and O–H groups in total. The van der Waals surface area contributed by atoms with E-state index in [2.05, 4.69) is 26.0 Å². The third kappa shape index (κ3) is 0.916. The van der Waals surface area contributed by atoms with Gasteiger partial charge in [0.05, 0.1) is 6.04 Å². The van der Waals surface area contributed by atoms with Crippen LogP contribution >= 0.6 is 0 Å². The summed E-state index contributed by atoms with van der Waals surface area (Å²) in [6.45, 7) is 4.79. The average Bonchev–Trinajstić information content (AvgIpc) is 2.41. The smallest absolute Gasteiger partial charge is 0.127 e. The molecule has 0 amide bonds. The van der Waals surface area contributed by atoms with Crippen LogP contribution in [-0.2, 0) is 0 Å². The van der Waals surface area contributed by atoms with Crippen LogP contribution < -0.4 is 10.5 Å².